The summed E-state index contributed by atoms with van der Waals surface area (Å²) in [7, 11) is 1.75. The highest BCUT2D eigenvalue weighted by Gasteiger charge is 2.44. The number of nitrogens with zero attached hydrogens (tertiary/aromatic N) is 1. The van der Waals surface area contributed by atoms with Crippen molar-refractivity contribution >= 4 is 17.5 Å². The highest BCUT2D eigenvalue weighted by molar-refractivity contribution is 6.20. The van der Waals surface area contributed by atoms with Gasteiger partial charge in [0.1, 0.15) is 12.2 Å². The number of halogens is 1. The zero-order valence-electron chi connectivity index (χ0n) is 16.2. The molecule has 1 saturated heterocycles. The SMILES string of the molecule is CC(=O)N(C)[C@@H]1[C@@H](OCc2ccccc2)[C@@H](Cl)OC[C@@H]1OCc1ccccc1. The lowest BCUT2D eigenvalue weighted by atomic mass is 10.0. The van der Waals surface area contributed by atoms with Crippen LogP contribution in [-0.4, -0.2) is 48.3 Å². The first kappa shape index (κ1) is 20.8. The van der Waals surface area contributed by atoms with Crippen LogP contribution in [0.25, 0.3) is 0 Å². The zero-order valence-corrected chi connectivity index (χ0v) is 16.9. The number of carbonyl (C=O) groups is 1. The van der Waals surface area contributed by atoms with Crippen LogP contribution in [-0.2, 0) is 32.2 Å². The minimum atomic E-state index is -0.660. The first-order chi connectivity index (χ1) is 13.6. The van der Waals surface area contributed by atoms with Gasteiger partial charge in [-0.1, -0.05) is 72.3 Å². The molecule has 0 aliphatic carbocycles. The maximum absolute atomic E-state index is 12.1. The van der Waals surface area contributed by atoms with Crippen molar-refractivity contribution in [2.45, 2.75) is 44.0 Å². The summed E-state index contributed by atoms with van der Waals surface area (Å²) in [6, 6.07) is 19.4. The molecule has 1 aliphatic heterocycles. The number of amides is 1. The third kappa shape index (κ3) is 5.32. The minimum absolute atomic E-state index is 0.0719. The summed E-state index contributed by atoms with van der Waals surface area (Å²) in [6.07, 6.45) is -0.852. The van der Waals surface area contributed by atoms with Gasteiger partial charge >= 0.3 is 0 Å². The number of rotatable bonds is 7. The molecular formula is C22H26ClNO4. The van der Waals surface area contributed by atoms with Gasteiger partial charge in [-0.05, 0) is 11.1 Å². The molecule has 0 aromatic heterocycles. The fourth-order valence-corrected chi connectivity index (χ4v) is 3.59. The lowest BCUT2D eigenvalue weighted by molar-refractivity contribution is -0.186. The zero-order chi connectivity index (χ0) is 19.9. The Bertz CT molecular complexity index is 743. The first-order valence-electron chi connectivity index (χ1n) is 9.36. The number of ether oxygens (including phenoxy) is 3. The van der Waals surface area contributed by atoms with Crippen LogP contribution < -0.4 is 0 Å². The lowest BCUT2D eigenvalue weighted by Gasteiger charge is -2.44. The number of likely N-dealkylation sites (N-methyl/N-ethyl adjacent to an activating group) is 1. The van der Waals surface area contributed by atoms with E-state index in [-0.39, 0.29) is 18.1 Å². The molecule has 2 aromatic rings. The van der Waals surface area contributed by atoms with Crippen molar-refractivity contribution in [2.75, 3.05) is 13.7 Å². The molecular weight excluding hydrogens is 378 g/mol. The molecule has 4 atom stereocenters. The van der Waals surface area contributed by atoms with Crippen LogP contribution in [0.15, 0.2) is 60.7 Å². The van der Waals surface area contributed by atoms with Crippen LogP contribution >= 0.6 is 11.6 Å². The van der Waals surface area contributed by atoms with E-state index in [4.69, 9.17) is 25.8 Å². The topological polar surface area (TPSA) is 48.0 Å². The van der Waals surface area contributed by atoms with Crippen LogP contribution in [0, 0.1) is 0 Å². The van der Waals surface area contributed by atoms with Crippen molar-refractivity contribution < 1.29 is 19.0 Å². The van der Waals surface area contributed by atoms with E-state index in [2.05, 4.69) is 0 Å². The average molecular weight is 404 g/mol. The van der Waals surface area contributed by atoms with E-state index in [0.717, 1.165) is 11.1 Å². The Hall–Kier alpha value is -1.92. The van der Waals surface area contributed by atoms with Crippen LogP contribution in [0.3, 0.4) is 0 Å². The van der Waals surface area contributed by atoms with Gasteiger partial charge in [-0.15, -0.1) is 0 Å². The number of benzene rings is 2. The van der Waals surface area contributed by atoms with Crippen LogP contribution in [0.2, 0.25) is 0 Å². The highest BCUT2D eigenvalue weighted by atomic mass is 35.5. The molecule has 1 fully saturated rings. The van der Waals surface area contributed by atoms with Crippen molar-refractivity contribution in [3.8, 4) is 0 Å². The molecule has 150 valence electrons. The van der Waals surface area contributed by atoms with Gasteiger partial charge in [0, 0.05) is 14.0 Å². The summed E-state index contributed by atoms with van der Waals surface area (Å²) in [4.78, 5) is 13.8. The van der Waals surface area contributed by atoms with Crippen LogP contribution in [0.4, 0.5) is 0 Å². The van der Waals surface area contributed by atoms with E-state index in [1.54, 1.807) is 11.9 Å². The molecule has 0 unspecified atom stereocenters. The maximum Gasteiger partial charge on any atom is 0.219 e. The smallest absolute Gasteiger partial charge is 0.219 e. The van der Waals surface area contributed by atoms with Crippen LogP contribution in [0.1, 0.15) is 18.1 Å². The molecule has 0 saturated carbocycles. The van der Waals surface area contributed by atoms with E-state index in [1.165, 1.54) is 6.92 Å². The average Bonchev–Trinajstić information content (AvgIpc) is 2.72. The first-order valence-corrected chi connectivity index (χ1v) is 9.80. The lowest BCUT2D eigenvalue weighted by Crippen LogP contribution is -2.60. The monoisotopic (exact) mass is 403 g/mol. The standard InChI is InChI=1S/C22H26ClNO4/c1-16(25)24(2)20-19(26-13-17-9-5-3-6-10-17)15-28-22(23)21(20)27-14-18-11-7-4-8-12-18/h3-12,19-22H,13-15H2,1-2H3/t19-,20-,21+,22-/m0/s1. The Morgan fingerprint density at radius 3 is 2.11 bits per heavy atom. The molecule has 5 nitrogen and oxygen atoms in total. The Morgan fingerprint density at radius 1 is 1.04 bits per heavy atom. The molecule has 28 heavy (non-hydrogen) atoms. The van der Waals surface area contributed by atoms with E-state index in [0.29, 0.717) is 19.8 Å². The Labute approximate surface area is 171 Å². The third-order valence-corrected chi connectivity index (χ3v) is 5.31. The highest BCUT2D eigenvalue weighted by Crippen LogP contribution is 2.28. The van der Waals surface area contributed by atoms with Gasteiger partial charge in [0.15, 0.2) is 5.56 Å². The summed E-state index contributed by atoms with van der Waals surface area (Å²) in [5.74, 6) is -0.0719. The van der Waals surface area contributed by atoms with Gasteiger partial charge in [-0.25, -0.2) is 0 Å². The molecule has 1 heterocycles. The second-order valence-corrected chi connectivity index (χ2v) is 7.33. The summed E-state index contributed by atoms with van der Waals surface area (Å²) in [5.41, 5.74) is 1.43. The van der Waals surface area contributed by atoms with Gasteiger partial charge < -0.3 is 19.1 Å². The van der Waals surface area contributed by atoms with Crippen molar-refractivity contribution in [1.82, 2.24) is 4.90 Å². The molecule has 0 spiro atoms. The molecule has 2 aromatic carbocycles. The number of hydrogen-bond donors (Lipinski definition) is 0. The van der Waals surface area contributed by atoms with Gasteiger partial charge in [-0.2, -0.15) is 0 Å². The fourth-order valence-electron chi connectivity index (χ4n) is 3.29. The predicted octanol–water partition coefficient (Wildman–Crippen LogP) is 3.60. The van der Waals surface area contributed by atoms with Gasteiger partial charge in [0.05, 0.1) is 25.9 Å². The third-order valence-electron chi connectivity index (χ3n) is 4.93. The maximum atomic E-state index is 12.1. The second-order valence-electron chi connectivity index (χ2n) is 6.90. The molecule has 6 heteroatoms. The van der Waals surface area contributed by atoms with Crippen molar-refractivity contribution in [1.29, 1.82) is 0 Å². The van der Waals surface area contributed by atoms with Gasteiger partial charge in [0.25, 0.3) is 0 Å². The molecule has 0 radical (unpaired) electrons. The Balaban J connectivity index is 1.73. The quantitative estimate of drug-likeness (QED) is 0.663. The summed E-state index contributed by atoms with van der Waals surface area (Å²) >= 11 is 6.43. The molecule has 1 aliphatic rings. The molecule has 0 bridgehead atoms. The minimum Gasteiger partial charge on any atom is -0.369 e. The summed E-state index contributed by atoms with van der Waals surface area (Å²) < 4.78 is 18.0. The summed E-state index contributed by atoms with van der Waals surface area (Å²) in [6.45, 7) is 2.64. The molecule has 0 N–H and O–H groups in total. The normalized spacial score (nSPS) is 24.7. The molecule has 3 rings (SSSR count). The Morgan fingerprint density at radius 2 is 1.57 bits per heavy atom. The fraction of sp³-hybridized carbons (Fsp3) is 0.409. The van der Waals surface area contributed by atoms with E-state index < -0.39 is 11.7 Å². The Kier molecular flexibility index (Phi) is 7.45. The van der Waals surface area contributed by atoms with Crippen molar-refractivity contribution in [3.63, 3.8) is 0 Å². The van der Waals surface area contributed by atoms with Crippen LogP contribution in [0.5, 0.6) is 0 Å². The van der Waals surface area contributed by atoms with E-state index in [1.807, 2.05) is 60.7 Å². The summed E-state index contributed by atoms with van der Waals surface area (Å²) in [5, 5.41) is 0. The predicted molar refractivity (Wildman–Crippen MR) is 108 cm³/mol. The van der Waals surface area contributed by atoms with Crippen molar-refractivity contribution in [3.05, 3.63) is 71.8 Å². The van der Waals surface area contributed by atoms with E-state index >= 15 is 0 Å². The van der Waals surface area contributed by atoms with Crippen molar-refractivity contribution in [2.24, 2.45) is 0 Å². The van der Waals surface area contributed by atoms with Gasteiger partial charge in [0.2, 0.25) is 5.91 Å². The largest absolute Gasteiger partial charge is 0.369 e. The number of hydrogen-bond acceptors (Lipinski definition) is 4. The van der Waals surface area contributed by atoms with Gasteiger partial charge in [-0.3, -0.25) is 4.79 Å². The molecule has 1 amide bonds. The number of carbonyl (C=O) groups excluding carboxylic acids is 1. The second kappa shape index (κ2) is 10.0. The van der Waals surface area contributed by atoms with E-state index in [9.17, 15) is 4.79 Å². The number of alkyl halides is 1.